The van der Waals surface area contributed by atoms with Crippen LogP contribution in [-0.4, -0.2) is 49.2 Å². The zero-order valence-corrected chi connectivity index (χ0v) is 9.97. The van der Waals surface area contributed by atoms with Crippen molar-refractivity contribution in [1.29, 1.82) is 0 Å². The van der Waals surface area contributed by atoms with Crippen molar-refractivity contribution in [2.75, 3.05) is 14.1 Å². The molecule has 8 nitrogen and oxygen atoms in total. The van der Waals surface area contributed by atoms with Crippen molar-refractivity contribution in [3.05, 3.63) is 11.8 Å². The fraction of sp³-hybridized carbons (Fsp3) is 0.571. The Balaban J connectivity index is 2.92. The SMILES string of the molecule is CC1=CC(N(C)C)=NC(N)N1OS(=O)(=O)O. The summed E-state index contributed by atoms with van der Waals surface area (Å²) in [5.41, 5.74) is 6.00. The monoisotopic (exact) mass is 250 g/mol. The summed E-state index contributed by atoms with van der Waals surface area (Å²) in [6, 6.07) is 0. The minimum absolute atomic E-state index is 0.420. The molecule has 92 valence electrons. The van der Waals surface area contributed by atoms with E-state index < -0.39 is 16.7 Å². The van der Waals surface area contributed by atoms with E-state index >= 15 is 0 Å². The van der Waals surface area contributed by atoms with Crippen molar-refractivity contribution >= 4 is 16.2 Å². The summed E-state index contributed by atoms with van der Waals surface area (Å²) in [6.07, 6.45) is 0.554. The highest BCUT2D eigenvalue weighted by Crippen LogP contribution is 2.15. The smallest absolute Gasteiger partial charge is 0.363 e. The molecule has 0 aromatic rings. The molecule has 0 aromatic carbocycles. The first-order valence-electron chi connectivity index (χ1n) is 4.36. The van der Waals surface area contributed by atoms with E-state index in [0.717, 1.165) is 5.06 Å². The standard InChI is InChI=1S/C7H14N4O4S/c1-5-4-6(10(2)3)9-7(8)11(5)15-16(12,13)14/h4,7H,8H2,1-3H3,(H,12,13,14). The average Bonchev–Trinajstić information content (AvgIpc) is 2.09. The molecule has 0 bridgehead atoms. The van der Waals surface area contributed by atoms with Crippen molar-refractivity contribution < 1.29 is 17.3 Å². The zero-order valence-electron chi connectivity index (χ0n) is 9.15. The lowest BCUT2D eigenvalue weighted by atomic mass is 10.3. The molecule has 3 N–H and O–H groups in total. The van der Waals surface area contributed by atoms with Crippen LogP contribution in [0.1, 0.15) is 6.92 Å². The van der Waals surface area contributed by atoms with Gasteiger partial charge in [-0.15, -0.1) is 4.28 Å². The van der Waals surface area contributed by atoms with Gasteiger partial charge in [-0.2, -0.15) is 8.42 Å². The van der Waals surface area contributed by atoms with E-state index in [2.05, 4.69) is 9.28 Å². The van der Waals surface area contributed by atoms with Gasteiger partial charge >= 0.3 is 10.4 Å². The highest BCUT2D eigenvalue weighted by Gasteiger charge is 2.25. The third-order valence-corrected chi connectivity index (χ3v) is 2.17. The average molecular weight is 250 g/mol. The number of nitrogens with zero attached hydrogens (tertiary/aromatic N) is 3. The number of amidine groups is 1. The van der Waals surface area contributed by atoms with Gasteiger partial charge in [-0.05, 0) is 6.92 Å². The van der Waals surface area contributed by atoms with Crippen molar-refractivity contribution in [3.8, 4) is 0 Å². The molecule has 0 radical (unpaired) electrons. The molecule has 0 fully saturated rings. The molecule has 1 aliphatic heterocycles. The van der Waals surface area contributed by atoms with Crippen molar-refractivity contribution in [2.24, 2.45) is 10.7 Å². The quantitative estimate of drug-likeness (QED) is 0.614. The predicted molar refractivity (Wildman–Crippen MR) is 57.3 cm³/mol. The van der Waals surface area contributed by atoms with E-state index in [9.17, 15) is 8.42 Å². The minimum Gasteiger partial charge on any atom is -0.363 e. The molecule has 0 spiro atoms. The van der Waals surface area contributed by atoms with Gasteiger partial charge in [0.1, 0.15) is 5.84 Å². The normalized spacial score (nSPS) is 21.6. The van der Waals surface area contributed by atoms with Gasteiger partial charge in [0.15, 0.2) is 0 Å². The second kappa shape index (κ2) is 4.37. The van der Waals surface area contributed by atoms with Crippen LogP contribution in [0.2, 0.25) is 0 Å². The van der Waals surface area contributed by atoms with E-state index in [-0.39, 0.29) is 0 Å². The molecule has 0 amide bonds. The van der Waals surface area contributed by atoms with E-state index in [4.69, 9.17) is 10.3 Å². The topological polar surface area (TPSA) is 108 Å². The van der Waals surface area contributed by atoms with Crippen LogP contribution in [0.5, 0.6) is 0 Å². The van der Waals surface area contributed by atoms with Crippen LogP contribution in [0.15, 0.2) is 16.8 Å². The van der Waals surface area contributed by atoms with Gasteiger partial charge in [-0.25, -0.2) is 10.1 Å². The molecule has 9 heteroatoms. The summed E-state index contributed by atoms with van der Waals surface area (Å²) in [4.78, 5) is 5.68. The van der Waals surface area contributed by atoms with E-state index in [1.807, 2.05) is 0 Å². The Morgan fingerprint density at radius 1 is 1.62 bits per heavy atom. The largest absolute Gasteiger partial charge is 0.418 e. The molecule has 0 saturated heterocycles. The Morgan fingerprint density at radius 2 is 2.19 bits per heavy atom. The molecule has 1 aliphatic rings. The summed E-state index contributed by atoms with van der Waals surface area (Å²) >= 11 is 0. The van der Waals surface area contributed by atoms with Gasteiger partial charge in [0.2, 0.25) is 6.29 Å². The Hall–Kier alpha value is -1.16. The molecule has 1 rings (SSSR count). The number of hydrogen-bond acceptors (Lipinski definition) is 7. The van der Waals surface area contributed by atoms with E-state index in [1.54, 1.807) is 32.0 Å². The maximum absolute atomic E-state index is 10.6. The lowest BCUT2D eigenvalue weighted by Gasteiger charge is -2.30. The molecular formula is C7H14N4O4S. The van der Waals surface area contributed by atoms with Crippen molar-refractivity contribution in [1.82, 2.24) is 9.96 Å². The van der Waals surface area contributed by atoms with Gasteiger partial charge in [0.05, 0.1) is 0 Å². The van der Waals surface area contributed by atoms with Gasteiger partial charge in [0, 0.05) is 25.9 Å². The minimum atomic E-state index is -4.61. The lowest BCUT2D eigenvalue weighted by Crippen LogP contribution is -2.45. The number of nitrogens with two attached hydrogens (primary N) is 1. The number of allylic oxidation sites excluding steroid dienone is 1. The molecule has 0 aromatic heterocycles. The van der Waals surface area contributed by atoms with Crippen LogP contribution in [0, 0.1) is 0 Å². The van der Waals surface area contributed by atoms with Gasteiger partial charge in [-0.3, -0.25) is 10.3 Å². The third-order valence-electron chi connectivity index (χ3n) is 1.82. The number of aliphatic imine (C=N–C) groups is 1. The van der Waals surface area contributed by atoms with Crippen LogP contribution >= 0.6 is 0 Å². The van der Waals surface area contributed by atoms with E-state index in [0.29, 0.717) is 11.5 Å². The summed E-state index contributed by atoms with van der Waals surface area (Å²) in [7, 11) is -1.06. The molecular weight excluding hydrogens is 236 g/mol. The summed E-state index contributed by atoms with van der Waals surface area (Å²) in [5, 5.41) is 0.808. The van der Waals surface area contributed by atoms with Crippen molar-refractivity contribution in [2.45, 2.75) is 13.2 Å². The van der Waals surface area contributed by atoms with E-state index in [1.165, 1.54) is 0 Å². The Kier molecular flexibility index (Phi) is 3.53. The second-order valence-electron chi connectivity index (χ2n) is 3.41. The molecule has 16 heavy (non-hydrogen) atoms. The number of hydroxylamine groups is 2. The Morgan fingerprint density at radius 3 is 2.56 bits per heavy atom. The third kappa shape index (κ3) is 3.17. The maximum Gasteiger partial charge on any atom is 0.418 e. The number of hydrogen-bond donors (Lipinski definition) is 2. The summed E-state index contributed by atoms with van der Waals surface area (Å²) < 4.78 is 33.9. The fourth-order valence-electron chi connectivity index (χ4n) is 1.13. The highest BCUT2D eigenvalue weighted by molar-refractivity contribution is 7.80. The number of rotatable bonds is 2. The zero-order chi connectivity index (χ0) is 12.5. The predicted octanol–water partition coefficient (Wildman–Crippen LogP) is -0.857. The van der Waals surface area contributed by atoms with Gasteiger partial charge < -0.3 is 4.90 Å². The first-order chi connectivity index (χ1) is 7.20. The molecule has 0 saturated carbocycles. The first kappa shape index (κ1) is 12.9. The van der Waals surface area contributed by atoms with Gasteiger partial charge in [0.25, 0.3) is 0 Å². The van der Waals surface area contributed by atoms with Crippen LogP contribution < -0.4 is 5.73 Å². The molecule has 0 aliphatic carbocycles. The highest BCUT2D eigenvalue weighted by atomic mass is 32.3. The lowest BCUT2D eigenvalue weighted by molar-refractivity contribution is -0.0612. The summed E-state index contributed by atoms with van der Waals surface area (Å²) in [6.45, 7) is 1.59. The first-order valence-corrected chi connectivity index (χ1v) is 5.72. The molecule has 1 atom stereocenters. The summed E-state index contributed by atoms with van der Waals surface area (Å²) in [5.74, 6) is 0.584. The van der Waals surface area contributed by atoms with Crippen LogP contribution in [0.4, 0.5) is 0 Å². The van der Waals surface area contributed by atoms with Crippen LogP contribution in [0.3, 0.4) is 0 Å². The molecule has 1 heterocycles. The van der Waals surface area contributed by atoms with Gasteiger partial charge in [-0.1, -0.05) is 0 Å². The van der Waals surface area contributed by atoms with Crippen molar-refractivity contribution in [3.63, 3.8) is 0 Å². The Bertz CT molecular complexity index is 428. The molecule has 1 unspecified atom stereocenters. The Labute approximate surface area is 93.9 Å². The fourth-order valence-corrected chi connectivity index (χ4v) is 1.54. The van der Waals surface area contributed by atoms with Crippen LogP contribution in [-0.2, 0) is 14.7 Å². The van der Waals surface area contributed by atoms with Crippen LogP contribution in [0.25, 0.3) is 0 Å². The second-order valence-corrected chi connectivity index (χ2v) is 4.41. The maximum atomic E-state index is 10.6. The number of likely N-dealkylation sites (N-methyl/N-ethyl adjacent to an activating group) is 1.